The maximum atomic E-state index is 13.5. The molecule has 2 rings (SSSR count). The Morgan fingerprint density at radius 2 is 2.10 bits per heavy atom. The molecule has 0 aromatic heterocycles. The molecule has 0 aliphatic rings. The predicted molar refractivity (Wildman–Crippen MR) is 84.6 cm³/mol. The first-order valence-corrected chi connectivity index (χ1v) is 7.05. The summed E-state index contributed by atoms with van der Waals surface area (Å²) >= 11 is 7.58. The Kier molecular flexibility index (Phi) is 4.77. The number of hydrogen-bond acceptors (Lipinski definition) is 3. The summed E-state index contributed by atoms with van der Waals surface area (Å²) in [6, 6.07) is 9.41. The average molecular weight is 407 g/mol. The second kappa shape index (κ2) is 6.36. The van der Waals surface area contributed by atoms with Crippen LogP contribution >= 0.6 is 34.2 Å². The summed E-state index contributed by atoms with van der Waals surface area (Å²) < 4.78 is 13.7. The second-order valence-corrected chi connectivity index (χ2v) is 5.62. The lowest BCUT2D eigenvalue weighted by Gasteiger charge is -2.08. The van der Waals surface area contributed by atoms with Gasteiger partial charge < -0.3 is 5.32 Å². The number of anilines is 1. The summed E-state index contributed by atoms with van der Waals surface area (Å²) in [5.41, 5.74) is 0.844. The summed E-state index contributed by atoms with van der Waals surface area (Å²) in [6.45, 7) is 0.321. The zero-order valence-corrected chi connectivity index (χ0v) is 13.0. The lowest BCUT2D eigenvalue weighted by Crippen LogP contribution is -2.04. The lowest BCUT2D eigenvalue weighted by atomic mass is 10.2. The van der Waals surface area contributed by atoms with Gasteiger partial charge in [0.25, 0.3) is 5.69 Å². The molecule has 0 atom stereocenters. The fourth-order valence-electron chi connectivity index (χ4n) is 1.67. The van der Waals surface area contributed by atoms with Gasteiger partial charge in [-0.05, 0) is 40.3 Å². The number of nitro benzene ring substituents is 1. The van der Waals surface area contributed by atoms with E-state index >= 15 is 0 Å². The van der Waals surface area contributed by atoms with Gasteiger partial charge in [0.2, 0.25) is 0 Å². The quantitative estimate of drug-likeness (QED) is 0.458. The molecule has 0 amide bonds. The molecule has 104 valence electrons. The molecule has 0 fully saturated rings. The van der Waals surface area contributed by atoms with E-state index < -0.39 is 10.7 Å². The first kappa shape index (κ1) is 15.0. The van der Waals surface area contributed by atoms with E-state index in [4.69, 9.17) is 11.6 Å². The van der Waals surface area contributed by atoms with Crippen molar-refractivity contribution in [2.45, 2.75) is 6.54 Å². The standard InChI is InChI=1S/C13H9ClFIN2O2/c14-9-3-1-2-8(4-9)7-17-12-5-10(15)11(16)6-13(12)18(19)20/h1-6,17H,7H2. The third kappa shape index (κ3) is 3.57. The van der Waals surface area contributed by atoms with Crippen LogP contribution in [0.15, 0.2) is 36.4 Å². The van der Waals surface area contributed by atoms with Crippen molar-refractivity contribution in [1.29, 1.82) is 0 Å². The average Bonchev–Trinajstić information content (AvgIpc) is 2.39. The summed E-state index contributed by atoms with van der Waals surface area (Å²) in [7, 11) is 0. The fraction of sp³-hybridized carbons (Fsp3) is 0.0769. The van der Waals surface area contributed by atoms with E-state index in [2.05, 4.69) is 5.32 Å². The van der Waals surface area contributed by atoms with Crippen molar-refractivity contribution in [1.82, 2.24) is 0 Å². The first-order valence-electron chi connectivity index (χ1n) is 5.59. The minimum absolute atomic E-state index is 0.146. The molecule has 0 saturated heterocycles. The summed E-state index contributed by atoms with van der Waals surface area (Å²) in [6.07, 6.45) is 0. The molecular weight excluding hydrogens is 398 g/mol. The number of halogens is 3. The Bertz CT molecular complexity index is 667. The molecular formula is C13H9ClFIN2O2. The highest BCUT2D eigenvalue weighted by Crippen LogP contribution is 2.29. The van der Waals surface area contributed by atoms with E-state index in [0.29, 0.717) is 11.6 Å². The maximum Gasteiger partial charge on any atom is 0.293 e. The van der Waals surface area contributed by atoms with Gasteiger partial charge in [0, 0.05) is 23.7 Å². The van der Waals surface area contributed by atoms with Crippen molar-refractivity contribution in [3.05, 3.63) is 66.5 Å². The van der Waals surface area contributed by atoms with Crippen LogP contribution in [0.3, 0.4) is 0 Å². The van der Waals surface area contributed by atoms with Crippen molar-refractivity contribution in [2.24, 2.45) is 0 Å². The number of nitrogens with one attached hydrogen (secondary N) is 1. The van der Waals surface area contributed by atoms with Gasteiger partial charge in [-0.25, -0.2) is 4.39 Å². The van der Waals surface area contributed by atoms with Crippen molar-refractivity contribution >= 4 is 45.6 Å². The van der Waals surface area contributed by atoms with Crippen LogP contribution in [-0.4, -0.2) is 4.92 Å². The third-order valence-corrected chi connectivity index (χ3v) is 3.67. The van der Waals surface area contributed by atoms with Gasteiger partial charge in [-0.1, -0.05) is 23.7 Å². The Balaban J connectivity index is 2.24. The minimum Gasteiger partial charge on any atom is -0.375 e. The van der Waals surface area contributed by atoms with Crippen molar-refractivity contribution in [2.75, 3.05) is 5.32 Å². The van der Waals surface area contributed by atoms with Crippen LogP contribution in [0.1, 0.15) is 5.56 Å². The zero-order chi connectivity index (χ0) is 14.7. The highest BCUT2D eigenvalue weighted by molar-refractivity contribution is 14.1. The molecule has 20 heavy (non-hydrogen) atoms. The van der Waals surface area contributed by atoms with Gasteiger partial charge in [0.05, 0.1) is 8.49 Å². The summed E-state index contributed by atoms with van der Waals surface area (Å²) in [5, 5.41) is 14.4. The van der Waals surface area contributed by atoms with Gasteiger partial charge in [0.15, 0.2) is 0 Å². The third-order valence-electron chi connectivity index (χ3n) is 2.61. The van der Waals surface area contributed by atoms with Gasteiger partial charge in [0.1, 0.15) is 11.5 Å². The Labute approximate surface area is 133 Å². The summed E-state index contributed by atoms with van der Waals surface area (Å²) in [5.74, 6) is -0.496. The Morgan fingerprint density at radius 1 is 1.35 bits per heavy atom. The van der Waals surface area contributed by atoms with E-state index in [1.807, 2.05) is 6.07 Å². The molecule has 0 aliphatic heterocycles. The number of benzene rings is 2. The number of nitrogens with zero attached hydrogens (tertiary/aromatic N) is 1. The van der Waals surface area contributed by atoms with E-state index in [1.54, 1.807) is 40.8 Å². The largest absolute Gasteiger partial charge is 0.375 e. The van der Waals surface area contributed by atoms with Gasteiger partial charge in [-0.3, -0.25) is 10.1 Å². The van der Waals surface area contributed by atoms with Gasteiger partial charge in [-0.15, -0.1) is 0 Å². The molecule has 0 spiro atoms. The normalized spacial score (nSPS) is 10.3. The zero-order valence-electron chi connectivity index (χ0n) is 10.1. The van der Waals surface area contributed by atoms with Gasteiger partial charge >= 0.3 is 0 Å². The lowest BCUT2D eigenvalue weighted by molar-refractivity contribution is -0.384. The van der Waals surface area contributed by atoms with Crippen molar-refractivity contribution in [3.63, 3.8) is 0 Å². The highest BCUT2D eigenvalue weighted by Gasteiger charge is 2.17. The maximum absolute atomic E-state index is 13.5. The molecule has 0 unspecified atom stereocenters. The topological polar surface area (TPSA) is 55.2 Å². The van der Waals surface area contributed by atoms with Crippen LogP contribution in [0.5, 0.6) is 0 Å². The van der Waals surface area contributed by atoms with E-state index in [1.165, 1.54) is 6.07 Å². The second-order valence-electron chi connectivity index (χ2n) is 4.02. The molecule has 7 heteroatoms. The predicted octanol–water partition coefficient (Wildman–Crippen LogP) is 4.60. The molecule has 1 N–H and O–H groups in total. The van der Waals surface area contributed by atoms with Crippen LogP contribution in [0.25, 0.3) is 0 Å². The van der Waals surface area contributed by atoms with Crippen LogP contribution in [-0.2, 0) is 6.54 Å². The Hall–Kier alpha value is -1.41. The molecule has 0 saturated carbocycles. The van der Waals surface area contributed by atoms with Crippen LogP contribution < -0.4 is 5.32 Å². The van der Waals surface area contributed by atoms with E-state index in [0.717, 1.165) is 11.6 Å². The smallest absolute Gasteiger partial charge is 0.293 e. The molecule has 0 radical (unpaired) electrons. The van der Waals surface area contributed by atoms with Crippen LogP contribution in [0, 0.1) is 19.5 Å². The van der Waals surface area contributed by atoms with Crippen LogP contribution in [0.2, 0.25) is 5.02 Å². The molecule has 0 heterocycles. The monoisotopic (exact) mass is 406 g/mol. The molecule has 2 aromatic rings. The van der Waals surface area contributed by atoms with Crippen molar-refractivity contribution < 1.29 is 9.31 Å². The molecule has 2 aromatic carbocycles. The number of rotatable bonds is 4. The molecule has 0 aliphatic carbocycles. The molecule has 0 bridgehead atoms. The highest BCUT2D eigenvalue weighted by atomic mass is 127. The van der Waals surface area contributed by atoms with E-state index in [9.17, 15) is 14.5 Å². The van der Waals surface area contributed by atoms with Gasteiger partial charge in [-0.2, -0.15) is 0 Å². The SMILES string of the molecule is O=[N+]([O-])c1cc(I)c(F)cc1NCc1cccc(Cl)c1. The molecule has 4 nitrogen and oxygen atoms in total. The fourth-order valence-corrected chi connectivity index (χ4v) is 2.34. The van der Waals surface area contributed by atoms with Crippen molar-refractivity contribution in [3.8, 4) is 0 Å². The van der Waals surface area contributed by atoms with Crippen LogP contribution in [0.4, 0.5) is 15.8 Å². The summed E-state index contributed by atoms with van der Waals surface area (Å²) in [4.78, 5) is 10.4. The Morgan fingerprint density at radius 3 is 2.75 bits per heavy atom. The first-order chi connectivity index (χ1) is 9.47. The number of hydrogen-bond donors (Lipinski definition) is 1. The number of nitro groups is 1. The van der Waals surface area contributed by atoms with E-state index in [-0.39, 0.29) is 14.9 Å². The minimum atomic E-state index is -0.540.